The number of hydrogen-bond acceptors (Lipinski definition) is 3. The summed E-state index contributed by atoms with van der Waals surface area (Å²) in [6, 6.07) is 0.591. The molecule has 0 heterocycles. The van der Waals surface area contributed by atoms with E-state index < -0.39 is 0 Å². The van der Waals surface area contributed by atoms with Crippen molar-refractivity contribution in [1.29, 1.82) is 0 Å². The highest BCUT2D eigenvalue weighted by molar-refractivity contribution is 5.85. The Labute approximate surface area is 122 Å². The monoisotopic (exact) mass is 290 g/mol. The quantitative estimate of drug-likeness (QED) is 0.624. The lowest BCUT2D eigenvalue weighted by Crippen LogP contribution is -2.35. The maximum absolute atomic E-state index is 11.5. The molecule has 2 atom stereocenters. The van der Waals surface area contributed by atoms with Crippen molar-refractivity contribution in [3.05, 3.63) is 0 Å². The number of aliphatic hydroxyl groups excluding tert-OH is 1. The zero-order chi connectivity index (χ0) is 12.8. The average molecular weight is 291 g/mol. The molecule has 1 amide bonds. The summed E-state index contributed by atoms with van der Waals surface area (Å²) >= 11 is 0. The van der Waals surface area contributed by atoms with Crippen molar-refractivity contribution in [2.24, 2.45) is 5.92 Å². The van der Waals surface area contributed by atoms with E-state index in [4.69, 9.17) is 0 Å². The fourth-order valence-electron chi connectivity index (χ4n) is 2.70. The summed E-state index contributed by atoms with van der Waals surface area (Å²) in [6.45, 7) is 1.20. The highest BCUT2D eigenvalue weighted by Crippen LogP contribution is 2.27. The summed E-state index contributed by atoms with van der Waals surface area (Å²) < 4.78 is 0. The first-order valence-corrected chi connectivity index (χ1v) is 7.44. The molecule has 4 nitrogen and oxygen atoms in total. The van der Waals surface area contributed by atoms with Crippen LogP contribution in [0.4, 0.5) is 0 Å². The van der Waals surface area contributed by atoms with Gasteiger partial charge in [-0.3, -0.25) is 4.79 Å². The van der Waals surface area contributed by atoms with Crippen LogP contribution in [0.25, 0.3) is 0 Å². The fraction of sp³-hybridized carbons (Fsp3) is 0.929. The van der Waals surface area contributed by atoms with Gasteiger partial charge in [0.05, 0.1) is 12.6 Å². The van der Waals surface area contributed by atoms with Crippen LogP contribution < -0.4 is 10.6 Å². The molecule has 0 spiro atoms. The molecule has 2 fully saturated rings. The molecule has 0 saturated heterocycles. The summed E-state index contributed by atoms with van der Waals surface area (Å²) in [4.78, 5) is 11.5. The van der Waals surface area contributed by atoms with Gasteiger partial charge >= 0.3 is 0 Å². The van der Waals surface area contributed by atoms with Crippen LogP contribution in [0.5, 0.6) is 0 Å². The Hall–Kier alpha value is -0.320. The largest absolute Gasteiger partial charge is 0.393 e. The van der Waals surface area contributed by atoms with E-state index in [1.54, 1.807) is 0 Å². The number of aliphatic hydroxyl groups is 1. The van der Waals surface area contributed by atoms with E-state index in [0.717, 1.165) is 32.2 Å². The second kappa shape index (κ2) is 8.77. The molecule has 112 valence electrons. The van der Waals surface area contributed by atoms with Gasteiger partial charge < -0.3 is 15.7 Å². The fourth-order valence-corrected chi connectivity index (χ4v) is 2.70. The Morgan fingerprint density at radius 3 is 2.58 bits per heavy atom. The lowest BCUT2D eigenvalue weighted by atomic mass is 9.83. The number of amides is 1. The Bertz CT molecular complexity index is 272. The standard InChI is InChI=1S/C14H26N2O2.ClH/c17-13-6-2-1-4-11(13)5-3-9-15-14(18)10-16-12-7-8-12;/h11-13,16-17H,1-10H2,(H,15,18);1H. The number of carbonyl (C=O) groups is 1. The number of rotatable bonds is 7. The van der Waals surface area contributed by atoms with Gasteiger partial charge in [0.2, 0.25) is 5.91 Å². The van der Waals surface area contributed by atoms with Gasteiger partial charge in [-0.1, -0.05) is 12.8 Å². The van der Waals surface area contributed by atoms with Crippen LogP contribution in [0.2, 0.25) is 0 Å². The molecule has 2 rings (SSSR count). The van der Waals surface area contributed by atoms with Crippen molar-refractivity contribution in [3.63, 3.8) is 0 Å². The minimum absolute atomic E-state index is 0. The van der Waals surface area contributed by atoms with E-state index in [1.165, 1.54) is 25.7 Å². The molecule has 19 heavy (non-hydrogen) atoms. The van der Waals surface area contributed by atoms with Crippen molar-refractivity contribution < 1.29 is 9.90 Å². The smallest absolute Gasteiger partial charge is 0.233 e. The third-order valence-electron chi connectivity index (χ3n) is 4.07. The molecule has 3 N–H and O–H groups in total. The molecule has 0 aromatic rings. The molecule has 0 radical (unpaired) electrons. The maximum Gasteiger partial charge on any atom is 0.233 e. The highest BCUT2D eigenvalue weighted by Gasteiger charge is 2.22. The van der Waals surface area contributed by atoms with E-state index >= 15 is 0 Å². The zero-order valence-electron chi connectivity index (χ0n) is 11.6. The van der Waals surface area contributed by atoms with E-state index in [9.17, 15) is 9.90 Å². The Morgan fingerprint density at radius 1 is 1.16 bits per heavy atom. The van der Waals surface area contributed by atoms with Crippen LogP contribution in [0.1, 0.15) is 51.4 Å². The first-order valence-electron chi connectivity index (χ1n) is 7.44. The topological polar surface area (TPSA) is 61.4 Å². The van der Waals surface area contributed by atoms with Gasteiger partial charge in [0, 0.05) is 12.6 Å². The van der Waals surface area contributed by atoms with Gasteiger partial charge in [0.15, 0.2) is 0 Å². The Morgan fingerprint density at radius 2 is 1.89 bits per heavy atom. The van der Waals surface area contributed by atoms with E-state index in [1.807, 2.05) is 0 Å². The first kappa shape index (κ1) is 16.7. The zero-order valence-corrected chi connectivity index (χ0v) is 12.4. The molecule has 0 bridgehead atoms. The van der Waals surface area contributed by atoms with Gasteiger partial charge in [-0.25, -0.2) is 0 Å². The van der Waals surface area contributed by atoms with Gasteiger partial charge in [0.1, 0.15) is 0 Å². The summed E-state index contributed by atoms with van der Waals surface area (Å²) in [5, 5.41) is 16.0. The predicted octanol–water partition coefficient (Wildman–Crippen LogP) is 1.61. The average Bonchev–Trinajstić information content (AvgIpc) is 3.18. The molecule has 0 aromatic carbocycles. The van der Waals surface area contributed by atoms with Gasteiger partial charge in [-0.05, 0) is 44.4 Å². The van der Waals surface area contributed by atoms with Crippen molar-refractivity contribution >= 4 is 18.3 Å². The third-order valence-corrected chi connectivity index (χ3v) is 4.07. The second-order valence-electron chi connectivity index (χ2n) is 5.76. The lowest BCUT2D eigenvalue weighted by molar-refractivity contribution is -0.120. The lowest BCUT2D eigenvalue weighted by Gasteiger charge is -2.27. The molecule has 2 saturated carbocycles. The molecule has 2 unspecified atom stereocenters. The Kier molecular flexibility index (Phi) is 7.73. The van der Waals surface area contributed by atoms with Crippen LogP contribution in [0.3, 0.4) is 0 Å². The minimum Gasteiger partial charge on any atom is -0.393 e. The van der Waals surface area contributed by atoms with Crippen LogP contribution in [0, 0.1) is 5.92 Å². The second-order valence-corrected chi connectivity index (χ2v) is 5.76. The number of carbonyl (C=O) groups excluding carboxylic acids is 1. The maximum atomic E-state index is 11.5. The normalized spacial score (nSPS) is 26.6. The summed E-state index contributed by atoms with van der Waals surface area (Å²) in [6.07, 6.45) is 8.88. The van der Waals surface area contributed by atoms with E-state index in [-0.39, 0.29) is 24.4 Å². The predicted molar refractivity (Wildman–Crippen MR) is 78.5 cm³/mol. The van der Waals surface area contributed by atoms with Gasteiger partial charge in [-0.15, -0.1) is 12.4 Å². The SMILES string of the molecule is Cl.O=C(CNC1CC1)NCCCC1CCCCC1O. The van der Waals surface area contributed by atoms with Gasteiger partial charge in [0.25, 0.3) is 0 Å². The third kappa shape index (κ3) is 6.59. The molecule has 0 aromatic heterocycles. The van der Waals surface area contributed by atoms with E-state index in [0.29, 0.717) is 18.5 Å². The number of halogens is 1. The molecule has 5 heteroatoms. The number of hydrogen-bond donors (Lipinski definition) is 3. The van der Waals surface area contributed by atoms with Crippen molar-refractivity contribution in [3.8, 4) is 0 Å². The summed E-state index contributed by atoms with van der Waals surface area (Å²) in [5.74, 6) is 0.561. The molecule has 2 aliphatic rings. The van der Waals surface area contributed by atoms with Crippen LogP contribution >= 0.6 is 12.4 Å². The van der Waals surface area contributed by atoms with Crippen LogP contribution in [0.15, 0.2) is 0 Å². The van der Waals surface area contributed by atoms with Crippen molar-refractivity contribution in [1.82, 2.24) is 10.6 Å². The molecular formula is C14H27ClN2O2. The van der Waals surface area contributed by atoms with Crippen molar-refractivity contribution in [2.45, 2.75) is 63.5 Å². The number of nitrogens with one attached hydrogen (secondary N) is 2. The first-order chi connectivity index (χ1) is 8.75. The summed E-state index contributed by atoms with van der Waals surface area (Å²) in [5.41, 5.74) is 0. The van der Waals surface area contributed by atoms with Gasteiger partial charge in [-0.2, -0.15) is 0 Å². The molecule has 2 aliphatic carbocycles. The molecule has 0 aliphatic heterocycles. The summed E-state index contributed by atoms with van der Waals surface area (Å²) in [7, 11) is 0. The van der Waals surface area contributed by atoms with E-state index in [2.05, 4.69) is 10.6 Å². The van der Waals surface area contributed by atoms with Crippen LogP contribution in [-0.2, 0) is 4.79 Å². The highest BCUT2D eigenvalue weighted by atomic mass is 35.5. The minimum atomic E-state index is -0.106. The van der Waals surface area contributed by atoms with Crippen LogP contribution in [-0.4, -0.2) is 36.2 Å². The Balaban J connectivity index is 0.00000180. The molecular weight excluding hydrogens is 264 g/mol. The van der Waals surface area contributed by atoms with Crippen molar-refractivity contribution in [2.75, 3.05) is 13.1 Å².